The monoisotopic (exact) mass is 831 g/mol. The fraction of sp³-hybridized carbons (Fsp3) is 0.333. The maximum atomic E-state index is 2.61. The molecule has 7 aromatic rings. The van der Waals surface area contributed by atoms with Crippen LogP contribution in [0.3, 0.4) is 0 Å². The van der Waals surface area contributed by atoms with Gasteiger partial charge >= 0.3 is 0 Å². The van der Waals surface area contributed by atoms with E-state index in [4.69, 9.17) is 0 Å². The number of hydrogen-bond donors (Lipinski definition) is 0. The summed E-state index contributed by atoms with van der Waals surface area (Å²) in [6.45, 7) is 7.59. The SMILES string of the molecule is CC[C@H]1C[C@H]2CC[C@H](C2)[C@]12c1ccccc1-c1cc(N(c3ccc(-c4ccccc4)c(-c4ccccc4)c3)c3ccc4c(c3)-c3ccccc3[C@]43[C@H]4CC(C[C@@H](C)C4)C[C@@H]3C)ccc12. The molecule has 4 saturated carbocycles. The predicted octanol–water partition coefficient (Wildman–Crippen LogP) is 17.0. The number of rotatable bonds is 6. The molecule has 64 heavy (non-hydrogen) atoms. The lowest BCUT2D eigenvalue weighted by Crippen LogP contribution is -2.49. The third-order valence-corrected chi connectivity index (χ3v) is 18.3. The summed E-state index contributed by atoms with van der Waals surface area (Å²) < 4.78 is 0. The second-order valence-corrected chi connectivity index (χ2v) is 21.3. The lowest BCUT2D eigenvalue weighted by atomic mass is 9.49. The van der Waals surface area contributed by atoms with Crippen molar-refractivity contribution in [2.45, 2.75) is 89.4 Å². The Bertz CT molecular complexity index is 2920. The van der Waals surface area contributed by atoms with Crippen molar-refractivity contribution in [3.8, 4) is 44.5 Å². The van der Waals surface area contributed by atoms with Crippen molar-refractivity contribution < 1.29 is 0 Å². The second kappa shape index (κ2) is 14.7. The molecular weight excluding hydrogens is 771 g/mol. The van der Waals surface area contributed by atoms with Gasteiger partial charge in [-0.25, -0.2) is 0 Å². The van der Waals surface area contributed by atoms with Gasteiger partial charge in [-0.2, -0.15) is 0 Å². The number of nitrogens with zero attached hydrogens (tertiary/aromatic N) is 1. The molecule has 1 unspecified atom stereocenters. The van der Waals surface area contributed by atoms with Crippen LogP contribution in [-0.2, 0) is 10.8 Å². The third-order valence-electron chi connectivity index (χ3n) is 18.3. The first-order valence-corrected chi connectivity index (χ1v) is 25.0. The number of benzene rings is 7. The molecule has 6 aliphatic rings. The maximum Gasteiger partial charge on any atom is 0.0468 e. The zero-order valence-corrected chi connectivity index (χ0v) is 37.9. The first-order chi connectivity index (χ1) is 31.5. The number of fused-ring (bicyclic) bond motifs is 16. The highest BCUT2D eigenvalue weighted by molar-refractivity contribution is 5.93. The minimum absolute atomic E-state index is 0.0684. The lowest BCUT2D eigenvalue weighted by molar-refractivity contribution is 0.0426. The van der Waals surface area contributed by atoms with Gasteiger partial charge in [0.15, 0.2) is 0 Å². The van der Waals surface area contributed by atoms with Crippen molar-refractivity contribution in [1.82, 2.24) is 0 Å². The van der Waals surface area contributed by atoms with E-state index >= 15 is 0 Å². The molecular formula is C63H61N. The largest absolute Gasteiger partial charge is 0.310 e. The van der Waals surface area contributed by atoms with E-state index in [1.807, 2.05) is 0 Å². The second-order valence-electron chi connectivity index (χ2n) is 21.3. The van der Waals surface area contributed by atoms with Gasteiger partial charge in [0.2, 0.25) is 0 Å². The summed E-state index contributed by atoms with van der Waals surface area (Å²) in [5.41, 5.74) is 21.0. The van der Waals surface area contributed by atoms with Gasteiger partial charge in [-0.1, -0.05) is 161 Å². The molecule has 318 valence electrons. The van der Waals surface area contributed by atoms with Crippen LogP contribution >= 0.6 is 0 Å². The predicted molar refractivity (Wildman–Crippen MR) is 267 cm³/mol. The van der Waals surface area contributed by atoms with Gasteiger partial charge in [0.05, 0.1) is 0 Å². The summed E-state index contributed by atoms with van der Waals surface area (Å²) in [6.07, 6.45) is 12.2. The molecule has 0 aliphatic heterocycles. The quantitative estimate of drug-likeness (QED) is 0.161. The zero-order chi connectivity index (χ0) is 42.7. The molecule has 13 rings (SSSR count). The van der Waals surface area contributed by atoms with Crippen molar-refractivity contribution in [1.29, 1.82) is 0 Å². The van der Waals surface area contributed by atoms with Crippen LogP contribution in [0, 0.1) is 41.4 Å². The van der Waals surface area contributed by atoms with Crippen LogP contribution in [0.15, 0.2) is 164 Å². The van der Waals surface area contributed by atoms with E-state index in [-0.39, 0.29) is 10.8 Å². The Morgan fingerprint density at radius 2 is 0.953 bits per heavy atom. The van der Waals surface area contributed by atoms with Gasteiger partial charge < -0.3 is 4.90 Å². The molecule has 0 saturated heterocycles. The van der Waals surface area contributed by atoms with E-state index in [0.717, 1.165) is 17.8 Å². The molecule has 0 N–H and O–H groups in total. The van der Waals surface area contributed by atoms with Crippen LogP contribution in [0.5, 0.6) is 0 Å². The average Bonchev–Trinajstić information content (AvgIpc) is 3.97. The van der Waals surface area contributed by atoms with Crippen molar-refractivity contribution in [3.05, 3.63) is 186 Å². The molecule has 1 heteroatoms. The molecule has 1 nitrogen and oxygen atoms in total. The van der Waals surface area contributed by atoms with Crippen molar-refractivity contribution in [2.24, 2.45) is 41.4 Å². The average molecular weight is 832 g/mol. The van der Waals surface area contributed by atoms with Gasteiger partial charge in [0.25, 0.3) is 0 Å². The topological polar surface area (TPSA) is 3.24 Å². The molecule has 0 heterocycles. The molecule has 7 aromatic carbocycles. The minimum atomic E-state index is 0.0684. The number of hydrogen-bond acceptors (Lipinski definition) is 1. The third kappa shape index (κ3) is 5.42. The van der Waals surface area contributed by atoms with Crippen LogP contribution in [0.25, 0.3) is 44.5 Å². The van der Waals surface area contributed by atoms with E-state index < -0.39 is 0 Å². The summed E-state index contributed by atoms with van der Waals surface area (Å²) >= 11 is 0. The Morgan fingerprint density at radius 3 is 1.61 bits per heavy atom. The molecule has 0 aromatic heterocycles. The van der Waals surface area contributed by atoms with Gasteiger partial charge in [0, 0.05) is 27.9 Å². The molecule has 4 fully saturated rings. The number of anilines is 3. The molecule has 9 atom stereocenters. The Morgan fingerprint density at radius 1 is 0.422 bits per heavy atom. The Kier molecular flexibility index (Phi) is 8.89. The summed E-state index contributed by atoms with van der Waals surface area (Å²) in [6, 6.07) is 63.7. The van der Waals surface area contributed by atoms with Crippen molar-refractivity contribution >= 4 is 17.1 Å². The van der Waals surface area contributed by atoms with E-state index in [1.165, 1.54) is 119 Å². The Balaban J connectivity index is 1.04. The van der Waals surface area contributed by atoms with Crippen molar-refractivity contribution in [3.63, 3.8) is 0 Å². The Labute approximate surface area is 381 Å². The molecule has 0 amide bonds. The van der Waals surface area contributed by atoms with Crippen LogP contribution in [-0.4, -0.2) is 0 Å². The normalized spacial score (nSPS) is 29.0. The van der Waals surface area contributed by atoms with Crippen LogP contribution < -0.4 is 4.90 Å². The van der Waals surface area contributed by atoms with Gasteiger partial charge in [-0.05, 0) is 190 Å². The molecule has 6 aliphatic carbocycles. The zero-order valence-electron chi connectivity index (χ0n) is 37.9. The van der Waals surface area contributed by atoms with Gasteiger partial charge in [-0.15, -0.1) is 0 Å². The van der Waals surface area contributed by atoms with Crippen LogP contribution in [0.4, 0.5) is 17.1 Å². The van der Waals surface area contributed by atoms with Crippen LogP contribution in [0.1, 0.15) is 101 Å². The lowest BCUT2D eigenvalue weighted by Gasteiger charge is -2.54. The summed E-state index contributed by atoms with van der Waals surface area (Å²) in [5.74, 6) is 5.23. The van der Waals surface area contributed by atoms with Gasteiger partial charge in [-0.3, -0.25) is 0 Å². The standard InChI is InChI=1S/C63H61N/c1-4-46-34-42-23-24-47(35-42)63(46)59-22-14-12-20-54(59)57-39-51(27-30-61(57)63)64(49-25-28-52(44-15-7-5-8-16-44)55(37-49)45-17-9-6-10-18-45)50-26-29-60-56(38-50)53-19-11-13-21-58(53)62(60)41(3)33-43-31-40(2)32-48(62)36-43/h5-22,25-30,37-43,46-48H,4,23-24,31-36H2,1-3H3/t40-,41+,42-,43?,46+,47-,48-,62+,63+/m1/s1. The molecule has 2 spiro atoms. The fourth-order valence-electron chi connectivity index (χ4n) is 16.2. The summed E-state index contributed by atoms with van der Waals surface area (Å²) in [7, 11) is 0. The molecule has 4 bridgehead atoms. The van der Waals surface area contributed by atoms with E-state index in [9.17, 15) is 0 Å². The summed E-state index contributed by atoms with van der Waals surface area (Å²) in [4.78, 5) is 2.61. The highest BCUT2D eigenvalue weighted by Gasteiger charge is 2.59. The highest BCUT2D eigenvalue weighted by Crippen LogP contribution is 2.67. The first kappa shape index (κ1) is 38.8. The van der Waals surface area contributed by atoms with E-state index in [0.29, 0.717) is 23.7 Å². The van der Waals surface area contributed by atoms with Crippen molar-refractivity contribution in [2.75, 3.05) is 4.90 Å². The van der Waals surface area contributed by atoms with E-state index in [1.54, 1.807) is 22.3 Å². The smallest absolute Gasteiger partial charge is 0.0468 e. The van der Waals surface area contributed by atoms with Crippen LogP contribution in [0.2, 0.25) is 0 Å². The maximum absolute atomic E-state index is 2.61. The Hall–Kier alpha value is -5.66. The molecule has 0 radical (unpaired) electrons. The minimum Gasteiger partial charge on any atom is -0.310 e. The fourth-order valence-corrected chi connectivity index (χ4v) is 16.2. The summed E-state index contributed by atoms with van der Waals surface area (Å²) in [5, 5.41) is 0. The first-order valence-electron chi connectivity index (χ1n) is 25.0. The highest BCUT2D eigenvalue weighted by atomic mass is 15.1. The van der Waals surface area contributed by atoms with Gasteiger partial charge in [0.1, 0.15) is 0 Å². The van der Waals surface area contributed by atoms with E-state index in [2.05, 4.69) is 189 Å².